The van der Waals surface area contributed by atoms with Crippen molar-refractivity contribution in [1.29, 1.82) is 0 Å². The quantitative estimate of drug-likeness (QED) is 0.229. The molecule has 42 heavy (non-hydrogen) atoms. The summed E-state index contributed by atoms with van der Waals surface area (Å²) in [6.07, 6.45) is 3.32. The number of fused-ring (bicyclic) bond motifs is 1. The zero-order chi connectivity index (χ0) is 29.1. The zero-order valence-corrected chi connectivity index (χ0v) is 23.0. The number of hydrogen-bond donors (Lipinski definition) is 2. The molecule has 6 aromatic rings. The van der Waals surface area contributed by atoms with Gasteiger partial charge in [0.1, 0.15) is 17.1 Å². The third-order valence-electron chi connectivity index (χ3n) is 7.02. The van der Waals surface area contributed by atoms with Crippen LogP contribution < -0.4 is 15.8 Å². The number of amides is 1. The Bertz CT molecular complexity index is 1910. The molecule has 0 radical (unpaired) electrons. The van der Waals surface area contributed by atoms with Gasteiger partial charge in [-0.3, -0.25) is 9.36 Å². The number of imidazole rings is 1. The van der Waals surface area contributed by atoms with Crippen molar-refractivity contribution in [3.05, 3.63) is 127 Å². The minimum atomic E-state index is -0.229. The standard InChI is InChI=1S/C34H28N6O2/c1-3-23-11-7-12-26(30(23)42-2)34(41)37-21-22-14-16-25(17-15-22)40-32(27-13-8-20-36-31(27)35)39-29-19-18-28(38-33(29)40)24-9-5-4-6-10-24/h3-20H,1,21H2,2H3,(H2,35,36)(H,37,41). The Hall–Kier alpha value is -5.76. The maximum Gasteiger partial charge on any atom is 0.255 e. The molecule has 0 unspecified atom stereocenters. The van der Waals surface area contributed by atoms with E-state index in [9.17, 15) is 4.79 Å². The molecule has 3 aromatic carbocycles. The average molecular weight is 553 g/mol. The van der Waals surface area contributed by atoms with Crippen LogP contribution in [0.1, 0.15) is 21.5 Å². The molecule has 0 spiro atoms. The van der Waals surface area contributed by atoms with Crippen LogP contribution in [0.3, 0.4) is 0 Å². The minimum absolute atomic E-state index is 0.229. The number of nitrogens with one attached hydrogen (secondary N) is 1. The Balaban J connectivity index is 1.35. The normalized spacial score (nSPS) is 10.9. The number of aromatic nitrogens is 4. The van der Waals surface area contributed by atoms with E-state index < -0.39 is 0 Å². The Kier molecular flexibility index (Phi) is 7.17. The number of para-hydroxylation sites is 1. The largest absolute Gasteiger partial charge is 0.495 e. The summed E-state index contributed by atoms with van der Waals surface area (Å²) in [6.45, 7) is 4.14. The number of rotatable bonds is 8. The van der Waals surface area contributed by atoms with Gasteiger partial charge in [-0.15, -0.1) is 0 Å². The third-order valence-corrected chi connectivity index (χ3v) is 7.02. The SMILES string of the molecule is C=Cc1cccc(C(=O)NCc2ccc(-n3c(-c4cccnc4N)nc4ccc(-c5ccccc5)nc43)cc2)c1OC. The third kappa shape index (κ3) is 4.97. The summed E-state index contributed by atoms with van der Waals surface area (Å²) in [5.41, 5.74) is 13.3. The van der Waals surface area contributed by atoms with Gasteiger partial charge in [0.25, 0.3) is 5.91 Å². The molecule has 1 amide bonds. The summed E-state index contributed by atoms with van der Waals surface area (Å²) in [5.74, 6) is 1.29. The van der Waals surface area contributed by atoms with Crippen LogP contribution in [0.4, 0.5) is 5.82 Å². The van der Waals surface area contributed by atoms with Gasteiger partial charge in [-0.05, 0) is 48.0 Å². The molecular formula is C34H28N6O2. The van der Waals surface area contributed by atoms with E-state index in [0.29, 0.717) is 40.7 Å². The molecule has 0 atom stereocenters. The second-order valence-electron chi connectivity index (χ2n) is 9.59. The highest BCUT2D eigenvalue weighted by molar-refractivity contribution is 5.98. The maximum atomic E-state index is 13.0. The predicted octanol–water partition coefficient (Wildman–Crippen LogP) is 6.31. The van der Waals surface area contributed by atoms with Crippen molar-refractivity contribution in [2.45, 2.75) is 6.54 Å². The lowest BCUT2D eigenvalue weighted by atomic mass is 10.1. The lowest BCUT2D eigenvalue weighted by Crippen LogP contribution is -2.23. The van der Waals surface area contributed by atoms with E-state index in [1.807, 2.05) is 95.6 Å². The van der Waals surface area contributed by atoms with Crippen molar-refractivity contribution in [1.82, 2.24) is 24.8 Å². The topological polar surface area (TPSA) is 108 Å². The van der Waals surface area contributed by atoms with Crippen molar-refractivity contribution < 1.29 is 9.53 Å². The van der Waals surface area contributed by atoms with Crippen LogP contribution in [-0.4, -0.2) is 32.5 Å². The number of pyridine rings is 2. The fraction of sp³-hybridized carbons (Fsp3) is 0.0588. The zero-order valence-electron chi connectivity index (χ0n) is 23.0. The first-order valence-corrected chi connectivity index (χ1v) is 13.4. The van der Waals surface area contributed by atoms with Crippen molar-refractivity contribution >= 4 is 29.0 Å². The van der Waals surface area contributed by atoms with Crippen LogP contribution in [0.5, 0.6) is 5.75 Å². The molecule has 3 aromatic heterocycles. The van der Waals surface area contributed by atoms with Crippen LogP contribution in [0, 0.1) is 0 Å². The molecular weight excluding hydrogens is 524 g/mol. The first-order valence-electron chi connectivity index (χ1n) is 13.4. The van der Waals surface area contributed by atoms with Gasteiger partial charge in [-0.2, -0.15) is 0 Å². The smallest absolute Gasteiger partial charge is 0.255 e. The summed E-state index contributed by atoms with van der Waals surface area (Å²) in [7, 11) is 1.54. The number of anilines is 1. The van der Waals surface area contributed by atoms with E-state index in [2.05, 4.69) is 16.9 Å². The van der Waals surface area contributed by atoms with E-state index in [1.54, 1.807) is 25.4 Å². The van der Waals surface area contributed by atoms with Crippen LogP contribution in [-0.2, 0) is 6.54 Å². The highest BCUT2D eigenvalue weighted by atomic mass is 16.5. The van der Waals surface area contributed by atoms with Gasteiger partial charge in [-0.1, -0.05) is 67.3 Å². The Morgan fingerprint density at radius 3 is 2.50 bits per heavy atom. The van der Waals surface area contributed by atoms with Crippen LogP contribution in [0.25, 0.3) is 45.6 Å². The van der Waals surface area contributed by atoms with Crippen molar-refractivity contribution in [3.8, 4) is 34.1 Å². The number of benzene rings is 3. The molecule has 0 fully saturated rings. The number of methoxy groups -OCH3 is 1. The molecule has 6 rings (SSSR count). The minimum Gasteiger partial charge on any atom is -0.495 e. The number of hydrogen-bond acceptors (Lipinski definition) is 6. The van der Waals surface area contributed by atoms with Crippen LogP contribution in [0.15, 0.2) is 110 Å². The van der Waals surface area contributed by atoms with E-state index in [4.69, 9.17) is 20.4 Å². The summed E-state index contributed by atoms with van der Waals surface area (Å²) in [4.78, 5) is 27.2. The number of nitrogens with zero attached hydrogens (tertiary/aromatic N) is 4. The van der Waals surface area contributed by atoms with E-state index in [1.165, 1.54) is 0 Å². The lowest BCUT2D eigenvalue weighted by Gasteiger charge is -2.13. The van der Waals surface area contributed by atoms with Crippen molar-refractivity contribution in [3.63, 3.8) is 0 Å². The van der Waals surface area contributed by atoms with Crippen LogP contribution in [0.2, 0.25) is 0 Å². The molecule has 0 bridgehead atoms. The molecule has 206 valence electrons. The molecule has 0 saturated heterocycles. The first kappa shape index (κ1) is 26.5. The molecule has 8 heteroatoms. The van der Waals surface area contributed by atoms with Gasteiger partial charge in [0.15, 0.2) is 11.5 Å². The second kappa shape index (κ2) is 11.4. The molecule has 0 aliphatic carbocycles. The van der Waals surface area contributed by atoms with E-state index in [0.717, 1.165) is 33.6 Å². The van der Waals surface area contributed by atoms with Crippen molar-refractivity contribution in [2.75, 3.05) is 12.8 Å². The van der Waals surface area contributed by atoms with Gasteiger partial charge in [0.2, 0.25) is 0 Å². The summed E-state index contributed by atoms with van der Waals surface area (Å²) in [6, 6.07) is 31.0. The maximum absolute atomic E-state index is 13.0. The molecule has 0 aliphatic rings. The summed E-state index contributed by atoms with van der Waals surface area (Å²) >= 11 is 0. The Labute approximate surface area is 243 Å². The van der Waals surface area contributed by atoms with Gasteiger partial charge < -0.3 is 15.8 Å². The summed E-state index contributed by atoms with van der Waals surface area (Å²) < 4.78 is 7.45. The highest BCUT2D eigenvalue weighted by Crippen LogP contribution is 2.32. The number of carbonyl (C=O) groups excluding carboxylic acids is 1. The fourth-order valence-electron chi connectivity index (χ4n) is 4.92. The Morgan fingerprint density at radius 2 is 1.76 bits per heavy atom. The molecule has 8 nitrogen and oxygen atoms in total. The number of ether oxygens (including phenoxy) is 1. The van der Waals surface area contributed by atoms with Gasteiger partial charge in [0.05, 0.1) is 23.9 Å². The fourth-order valence-corrected chi connectivity index (χ4v) is 4.92. The van der Waals surface area contributed by atoms with Gasteiger partial charge in [-0.25, -0.2) is 15.0 Å². The van der Waals surface area contributed by atoms with E-state index in [-0.39, 0.29) is 5.91 Å². The van der Waals surface area contributed by atoms with Gasteiger partial charge >= 0.3 is 0 Å². The molecule has 0 aliphatic heterocycles. The van der Waals surface area contributed by atoms with E-state index >= 15 is 0 Å². The average Bonchev–Trinajstić information content (AvgIpc) is 3.42. The first-order chi connectivity index (χ1) is 20.6. The lowest BCUT2D eigenvalue weighted by molar-refractivity contribution is 0.0948. The molecule has 3 N–H and O–H groups in total. The second-order valence-corrected chi connectivity index (χ2v) is 9.59. The number of carbonyl (C=O) groups is 1. The predicted molar refractivity (Wildman–Crippen MR) is 166 cm³/mol. The van der Waals surface area contributed by atoms with Crippen LogP contribution >= 0.6 is 0 Å². The van der Waals surface area contributed by atoms with Crippen molar-refractivity contribution in [2.24, 2.45) is 0 Å². The molecule has 0 saturated carbocycles. The highest BCUT2D eigenvalue weighted by Gasteiger charge is 2.19. The monoisotopic (exact) mass is 552 g/mol. The molecule has 3 heterocycles. The number of nitrogen functional groups attached to an aromatic ring is 1. The van der Waals surface area contributed by atoms with Gasteiger partial charge in [0, 0.05) is 29.6 Å². The Morgan fingerprint density at radius 1 is 0.952 bits per heavy atom. The summed E-state index contributed by atoms with van der Waals surface area (Å²) in [5, 5.41) is 2.99. The number of nitrogens with two attached hydrogens (primary N) is 1.